The molecule has 0 heterocycles. The summed E-state index contributed by atoms with van der Waals surface area (Å²) in [6.07, 6.45) is 8.36. The van der Waals surface area contributed by atoms with Crippen molar-refractivity contribution in [1.82, 2.24) is 0 Å². The smallest absolute Gasteiger partial charge is 0.338 e. The maximum atomic E-state index is 12.2. The number of carbonyl (C=O) groups excluding carboxylic acids is 3. The van der Waals surface area contributed by atoms with E-state index in [0.717, 1.165) is 30.6 Å². The van der Waals surface area contributed by atoms with Crippen LogP contribution in [0.25, 0.3) is 6.08 Å². The largest absolute Gasteiger partial charge is 0.494 e. The van der Waals surface area contributed by atoms with Gasteiger partial charge in [0.15, 0.2) is 0 Å². The zero-order valence-corrected chi connectivity index (χ0v) is 23.9. The molecule has 0 aromatic heterocycles. The zero-order valence-electron chi connectivity index (χ0n) is 23.9. The number of anilines is 2. The van der Waals surface area contributed by atoms with E-state index < -0.39 is 11.9 Å². The highest BCUT2D eigenvalue weighted by Crippen LogP contribution is 2.19. The third-order valence-electron chi connectivity index (χ3n) is 6.05. The molecule has 9 heteroatoms. The molecule has 0 saturated carbocycles. The van der Waals surface area contributed by atoms with Crippen molar-refractivity contribution in [3.05, 3.63) is 83.9 Å². The monoisotopic (exact) mass is 574 g/mol. The van der Waals surface area contributed by atoms with Crippen molar-refractivity contribution in [3.63, 3.8) is 0 Å². The van der Waals surface area contributed by atoms with Crippen molar-refractivity contribution >= 4 is 35.4 Å². The van der Waals surface area contributed by atoms with E-state index in [1.807, 2.05) is 0 Å². The lowest BCUT2D eigenvalue weighted by atomic mass is 10.2. The van der Waals surface area contributed by atoms with Crippen LogP contribution in [0.3, 0.4) is 0 Å². The second kappa shape index (κ2) is 17.1. The Bertz CT molecular complexity index is 1320. The number of ether oxygens (including phenoxy) is 4. The minimum atomic E-state index is -0.508. The molecule has 0 atom stereocenters. The second-order valence-corrected chi connectivity index (χ2v) is 9.66. The summed E-state index contributed by atoms with van der Waals surface area (Å²) >= 11 is 0. The molecule has 3 aromatic carbocycles. The van der Waals surface area contributed by atoms with Gasteiger partial charge < -0.3 is 30.4 Å². The van der Waals surface area contributed by atoms with Crippen molar-refractivity contribution in [1.29, 1.82) is 0 Å². The maximum Gasteiger partial charge on any atom is 0.338 e. The van der Waals surface area contributed by atoms with Gasteiger partial charge in [-0.2, -0.15) is 0 Å². The van der Waals surface area contributed by atoms with E-state index in [0.29, 0.717) is 54.3 Å². The first-order valence-electron chi connectivity index (χ1n) is 14.1. The van der Waals surface area contributed by atoms with E-state index in [2.05, 4.69) is 6.92 Å². The molecule has 42 heavy (non-hydrogen) atoms. The lowest BCUT2D eigenvalue weighted by Crippen LogP contribution is -2.09. The molecule has 0 aliphatic rings. The van der Waals surface area contributed by atoms with Gasteiger partial charge in [-0.05, 0) is 91.9 Å². The van der Waals surface area contributed by atoms with Crippen molar-refractivity contribution < 1.29 is 33.3 Å². The molecule has 0 radical (unpaired) electrons. The molecular formula is C33H38N2O7. The van der Waals surface area contributed by atoms with Crippen LogP contribution in [-0.2, 0) is 14.3 Å². The van der Waals surface area contributed by atoms with Crippen LogP contribution in [0.4, 0.5) is 11.4 Å². The number of hydrogen-bond donors (Lipinski definition) is 2. The normalized spacial score (nSPS) is 10.8. The maximum absolute atomic E-state index is 12.2. The van der Waals surface area contributed by atoms with Crippen LogP contribution in [0.1, 0.15) is 67.8 Å². The molecule has 3 rings (SSSR count). The van der Waals surface area contributed by atoms with E-state index in [1.54, 1.807) is 60.7 Å². The number of esters is 3. The summed E-state index contributed by atoms with van der Waals surface area (Å²) in [6, 6.07) is 18.3. The molecule has 9 nitrogen and oxygen atoms in total. The first-order valence-corrected chi connectivity index (χ1v) is 14.1. The average Bonchev–Trinajstić information content (AvgIpc) is 2.97. The van der Waals surface area contributed by atoms with Crippen LogP contribution in [0.2, 0.25) is 0 Å². The summed E-state index contributed by atoms with van der Waals surface area (Å²) in [7, 11) is 0. The van der Waals surface area contributed by atoms with Gasteiger partial charge in [-0.1, -0.05) is 31.9 Å². The summed E-state index contributed by atoms with van der Waals surface area (Å²) in [5.41, 5.74) is 13.2. The van der Waals surface area contributed by atoms with Crippen LogP contribution in [0, 0.1) is 0 Å². The van der Waals surface area contributed by atoms with Gasteiger partial charge in [-0.3, -0.25) is 4.79 Å². The first-order chi connectivity index (χ1) is 20.3. The number of unbranched alkanes of at least 4 members (excludes halogenated alkanes) is 4. The first kappa shape index (κ1) is 31.7. The van der Waals surface area contributed by atoms with Gasteiger partial charge in [0.2, 0.25) is 0 Å². The van der Waals surface area contributed by atoms with Gasteiger partial charge in [0, 0.05) is 23.9 Å². The number of rotatable bonds is 16. The number of hydrogen-bond acceptors (Lipinski definition) is 9. The lowest BCUT2D eigenvalue weighted by Gasteiger charge is -2.07. The fraction of sp³-hybridized carbons (Fsp3) is 0.303. The zero-order chi connectivity index (χ0) is 30.2. The predicted octanol–water partition coefficient (Wildman–Crippen LogP) is 6.36. The van der Waals surface area contributed by atoms with Crippen molar-refractivity contribution in [2.45, 2.75) is 51.9 Å². The molecule has 4 N–H and O–H groups in total. The summed E-state index contributed by atoms with van der Waals surface area (Å²) in [5, 5.41) is 0. The van der Waals surface area contributed by atoms with E-state index in [4.69, 9.17) is 30.4 Å². The molecule has 0 spiro atoms. The topological polar surface area (TPSA) is 140 Å². The van der Waals surface area contributed by atoms with Crippen LogP contribution < -0.4 is 25.7 Å². The van der Waals surface area contributed by atoms with E-state index in [-0.39, 0.29) is 19.0 Å². The average molecular weight is 575 g/mol. The molecule has 0 saturated heterocycles. The van der Waals surface area contributed by atoms with Crippen LogP contribution in [0.5, 0.6) is 17.2 Å². The third-order valence-corrected chi connectivity index (χ3v) is 6.05. The Morgan fingerprint density at radius 2 is 1.33 bits per heavy atom. The van der Waals surface area contributed by atoms with Gasteiger partial charge in [-0.25, -0.2) is 9.59 Å². The summed E-state index contributed by atoms with van der Waals surface area (Å²) in [4.78, 5) is 36.4. The summed E-state index contributed by atoms with van der Waals surface area (Å²) in [6.45, 7) is 3.03. The summed E-state index contributed by atoms with van der Waals surface area (Å²) in [5.74, 6) is 0.224. The third kappa shape index (κ3) is 11.8. The molecule has 0 fully saturated rings. The molecule has 0 bridgehead atoms. The molecular weight excluding hydrogens is 536 g/mol. The highest BCUT2D eigenvalue weighted by Gasteiger charge is 2.09. The van der Waals surface area contributed by atoms with Gasteiger partial charge in [0.1, 0.15) is 17.2 Å². The Morgan fingerprint density at radius 1 is 0.714 bits per heavy atom. The highest BCUT2D eigenvalue weighted by atomic mass is 16.5. The Balaban J connectivity index is 1.30. The predicted molar refractivity (Wildman–Crippen MR) is 162 cm³/mol. The van der Waals surface area contributed by atoms with Gasteiger partial charge in [-0.15, -0.1) is 0 Å². The molecule has 0 aliphatic heterocycles. The molecule has 0 unspecified atom stereocenters. The molecule has 222 valence electrons. The van der Waals surface area contributed by atoms with E-state index in [1.165, 1.54) is 18.2 Å². The van der Waals surface area contributed by atoms with Crippen LogP contribution in [-0.4, -0.2) is 31.1 Å². The van der Waals surface area contributed by atoms with Crippen LogP contribution in [0.15, 0.2) is 72.8 Å². The SMILES string of the molecule is CCCCCOc1ccc(OC(=O)C=Cc2ccc(OC(=O)CCCCCOC(=O)c3cc(N)cc(N)c3)cc2)cc1. The minimum absolute atomic E-state index is 0.228. The Hall–Kier alpha value is -4.79. The Morgan fingerprint density at radius 3 is 2.02 bits per heavy atom. The minimum Gasteiger partial charge on any atom is -0.494 e. The van der Waals surface area contributed by atoms with Gasteiger partial charge in [0.25, 0.3) is 0 Å². The fourth-order valence-corrected chi connectivity index (χ4v) is 3.88. The van der Waals surface area contributed by atoms with Gasteiger partial charge in [0.05, 0.1) is 18.8 Å². The van der Waals surface area contributed by atoms with Crippen molar-refractivity contribution in [2.75, 3.05) is 24.7 Å². The quantitative estimate of drug-likeness (QED) is 0.0657. The standard InChI is InChI=1S/C33H38N2O7/c1-2-3-6-19-39-28-14-16-30(17-15-28)42-32(37)18-11-24-9-12-29(13-10-24)41-31(36)8-5-4-7-20-40-33(38)25-21-26(34)23-27(35)22-25/h9-18,21-23H,2-8,19-20,34-35H2,1H3. The lowest BCUT2D eigenvalue weighted by molar-refractivity contribution is -0.134. The van der Waals surface area contributed by atoms with E-state index >= 15 is 0 Å². The second-order valence-electron chi connectivity index (χ2n) is 9.66. The molecule has 3 aromatic rings. The number of nitrogen functional groups attached to an aromatic ring is 2. The Labute approximate surface area is 246 Å². The number of carbonyl (C=O) groups is 3. The van der Waals surface area contributed by atoms with Crippen molar-refractivity contribution in [3.8, 4) is 17.2 Å². The highest BCUT2D eigenvalue weighted by molar-refractivity contribution is 5.91. The summed E-state index contributed by atoms with van der Waals surface area (Å²) < 4.78 is 21.6. The number of benzene rings is 3. The van der Waals surface area contributed by atoms with Crippen molar-refractivity contribution in [2.24, 2.45) is 0 Å². The van der Waals surface area contributed by atoms with Gasteiger partial charge >= 0.3 is 17.9 Å². The Kier molecular flexibility index (Phi) is 12.9. The fourth-order valence-electron chi connectivity index (χ4n) is 3.88. The molecule has 0 aliphatic carbocycles. The molecule has 0 amide bonds. The van der Waals surface area contributed by atoms with E-state index in [9.17, 15) is 14.4 Å². The van der Waals surface area contributed by atoms with Crippen LogP contribution >= 0.6 is 0 Å². The number of nitrogens with two attached hydrogens (primary N) is 2.